The second kappa shape index (κ2) is 8.82. The van der Waals surface area contributed by atoms with Gasteiger partial charge in [0.25, 0.3) is 5.91 Å². The van der Waals surface area contributed by atoms with Gasteiger partial charge in [-0.05, 0) is 50.1 Å². The fraction of sp³-hybridized carbons (Fsp3) is 0.261. The number of para-hydroxylation sites is 2. The molecule has 1 aliphatic heterocycles. The average Bonchev–Trinajstić information content (AvgIpc) is 3.17. The lowest BCUT2D eigenvalue weighted by molar-refractivity contribution is 0.0913. The third-order valence-electron chi connectivity index (χ3n) is 5.26. The SMILES string of the molecule is Cc1cc(C(=O)NC2CCN(C(=O)Nc3ccccc3)CC2)nn1-c1ccccc1. The highest BCUT2D eigenvalue weighted by molar-refractivity contribution is 5.92. The molecule has 2 N–H and O–H groups in total. The van der Waals surface area contributed by atoms with E-state index in [2.05, 4.69) is 15.7 Å². The third kappa shape index (κ3) is 4.51. The van der Waals surface area contributed by atoms with Crippen molar-refractivity contribution in [1.82, 2.24) is 20.0 Å². The van der Waals surface area contributed by atoms with E-state index < -0.39 is 0 Å². The van der Waals surface area contributed by atoms with Crippen LogP contribution in [0.15, 0.2) is 66.7 Å². The summed E-state index contributed by atoms with van der Waals surface area (Å²) in [6.07, 6.45) is 1.43. The van der Waals surface area contributed by atoms with Gasteiger partial charge in [0.1, 0.15) is 0 Å². The number of rotatable bonds is 4. The molecule has 154 valence electrons. The zero-order chi connectivity index (χ0) is 20.9. The lowest BCUT2D eigenvalue weighted by atomic mass is 10.1. The Kier molecular flexibility index (Phi) is 5.79. The zero-order valence-electron chi connectivity index (χ0n) is 16.9. The Labute approximate surface area is 175 Å². The van der Waals surface area contributed by atoms with Gasteiger partial charge in [0.05, 0.1) is 5.69 Å². The van der Waals surface area contributed by atoms with Crippen LogP contribution < -0.4 is 10.6 Å². The fourth-order valence-electron chi connectivity index (χ4n) is 3.63. The normalized spacial score (nSPS) is 14.4. The number of hydrogen-bond donors (Lipinski definition) is 2. The predicted molar refractivity (Wildman–Crippen MR) is 116 cm³/mol. The summed E-state index contributed by atoms with van der Waals surface area (Å²) >= 11 is 0. The van der Waals surface area contributed by atoms with Crippen molar-refractivity contribution in [1.29, 1.82) is 0 Å². The van der Waals surface area contributed by atoms with Crippen LogP contribution in [0, 0.1) is 6.92 Å². The van der Waals surface area contributed by atoms with Crippen molar-refractivity contribution >= 4 is 17.6 Å². The highest BCUT2D eigenvalue weighted by atomic mass is 16.2. The summed E-state index contributed by atoms with van der Waals surface area (Å²) in [6.45, 7) is 3.13. The predicted octanol–water partition coefficient (Wildman–Crippen LogP) is 3.61. The van der Waals surface area contributed by atoms with Gasteiger partial charge in [0.2, 0.25) is 0 Å². The summed E-state index contributed by atoms with van der Waals surface area (Å²) in [5, 5.41) is 10.4. The average molecular weight is 403 g/mol. The maximum absolute atomic E-state index is 12.7. The minimum atomic E-state index is -0.181. The van der Waals surface area contributed by atoms with Gasteiger partial charge in [0.15, 0.2) is 5.69 Å². The van der Waals surface area contributed by atoms with E-state index in [0.717, 1.165) is 17.1 Å². The van der Waals surface area contributed by atoms with Crippen molar-refractivity contribution in [2.45, 2.75) is 25.8 Å². The minimum Gasteiger partial charge on any atom is -0.348 e. The van der Waals surface area contributed by atoms with Crippen molar-refractivity contribution in [3.8, 4) is 5.69 Å². The molecule has 0 atom stereocenters. The zero-order valence-corrected chi connectivity index (χ0v) is 16.9. The van der Waals surface area contributed by atoms with E-state index in [1.807, 2.05) is 67.6 Å². The smallest absolute Gasteiger partial charge is 0.321 e. The number of urea groups is 1. The summed E-state index contributed by atoms with van der Waals surface area (Å²) in [4.78, 5) is 26.9. The first-order chi connectivity index (χ1) is 14.6. The number of carbonyl (C=O) groups is 2. The minimum absolute atomic E-state index is 0.0282. The number of piperidine rings is 1. The Hall–Kier alpha value is -3.61. The Morgan fingerprint density at radius 3 is 2.27 bits per heavy atom. The number of nitrogens with zero attached hydrogens (tertiary/aromatic N) is 3. The lowest BCUT2D eigenvalue weighted by Crippen LogP contribution is -2.47. The Morgan fingerprint density at radius 1 is 0.967 bits per heavy atom. The molecule has 1 saturated heterocycles. The molecule has 0 unspecified atom stereocenters. The van der Waals surface area contributed by atoms with Gasteiger partial charge in [-0.15, -0.1) is 0 Å². The van der Waals surface area contributed by atoms with E-state index in [-0.39, 0.29) is 18.0 Å². The third-order valence-corrected chi connectivity index (χ3v) is 5.26. The maximum Gasteiger partial charge on any atom is 0.321 e. The number of nitrogens with one attached hydrogen (secondary N) is 2. The molecule has 4 rings (SSSR count). The molecular weight excluding hydrogens is 378 g/mol. The quantitative estimate of drug-likeness (QED) is 0.698. The molecule has 0 aliphatic carbocycles. The highest BCUT2D eigenvalue weighted by Crippen LogP contribution is 2.15. The number of amides is 3. The van der Waals surface area contributed by atoms with E-state index in [9.17, 15) is 9.59 Å². The number of aryl methyl sites for hydroxylation is 1. The van der Waals surface area contributed by atoms with Crippen LogP contribution in [0.1, 0.15) is 29.0 Å². The number of carbonyl (C=O) groups excluding carboxylic acids is 2. The van der Waals surface area contributed by atoms with E-state index in [1.54, 1.807) is 15.6 Å². The first kappa shape index (κ1) is 19.7. The van der Waals surface area contributed by atoms with Crippen LogP contribution in [0.25, 0.3) is 5.69 Å². The molecule has 0 spiro atoms. The molecular formula is C23H25N5O2. The molecule has 0 saturated carbocycles. The maximum atomic E-state index is 12.7. The van der Waals surface area contributed by atoms with Crippen molar-refractivity contribution in [3.05, 3.63) is 78.1 Å². The molecule has 3 amide bonds. The number of hydrogen-bond acceptors (Lipinski definition) is 3. The molecule has 2 aromatic carbocycles. The standard InChI is InChI=1S/C23H25N5O2/c1-17-16-21(26-28(17)20-10-6-3-7-11-20)22(29)24-19-12-14-27(15-13-19)23(30)25-18-8-4-2-5-9-18/h2-11,16,19H,12-15H2,1H3,(H,24,29)(H,25,30). The molecule has 7 nitrogen and oxygen atoms in total. The highest BCUT2D eigenvalue weighted by Gasteiger charge is 2.25. The van der Waals surface area contributed by atoms with Gasteiger partial charge in [-0.25, -0.2) is 9.48 Å². The van der Waals surface area contributed by atoms with Crippen LogP contribution in [-0.2, 0) is 0 Å². The van der Waals surface area contributed by atoms with Crippen LogP contribution >= 0.6 is 0 Å². The van der Waals surface area contributed by atoms with Crippen LogP contribution in [0.4, 0.5) is 10.5 Å². The number of anilines is 1. The molecule has 7 heteroatoms. The molecule has 3 aromatic rings. The molecule has 1 aliphatic rings. The molecule has 0 radical (unpaired) electrons. The summed E-state index contributed by atoms with van der Waals surface area (Å²) in [6, 6.07) is 20.9. The monoisotopic (exact) mass is 403 g/mol. The fourth-order valence-corrected chi connectivity index (χ4v) is 3.63. The topological polar surface area (TPSA) is 79.3 Å². The van der Waals surface area contributed by atoms with Crippen LogP contribution in [0.3, 0.4) is 0 Å². The first-order valence-electron chi connectivity index (χ1n) is 10.1. The van der Waals surface area contributed by atoms with E-state index in [4.69, 9.17) is 0 Å². The number of benzene rings is 2. The van der Waals surface area contributed by atoms with Gasteiger partial charge in [-0.1, -0.05) is 36.4 Å². The molecule has 0 bridgehead atoms. The van der Waals surface area contributed by atoms with E-state index in [0.29, 0.717) is 31.6 Å². The molecule has 1 aromatic heterocycles. The first-order valence-corrected chi connectivity index (χ1v) is 10.1. The van der Waals surface area contributed by atoms with Gasteiger partial charge in [-0.2, -0.15) is 5.10 Å². The molecule has 2 heterocycles. The molecule has 1 fully saturated rings. The Morgan fingerprint density at radius 2 is 1.60 bits per heavy atom. The van der Waals surface area contributed by atoms with Gasteiger partial charge in [-0.3, -0.25) is 4.79 Å². The van der Waals surface area contributed by atoms with E-state index >= 15 is 0 Å². The van der Waals surface area contributed by atoms with Crippen LogP contribution in [0.2, 0.25) is 0 Å². The summed E-state index contributed by atoms with van der Waals surface area (Å²) in [5.74, 6) is -0.181. The van der Waals surface area contributed by atoms with Crippen molar-refractivity contribution in [2.75, 3.05) is 18.4 Å². The Balaban J connectivity index is 1.31. The second-order valence-corrected chi connectivity index (χ2v) is 7.45. The summed E-state index contributed by atoms with van der Waals surface area (Å²) in [7, 11) is 0. The summed E-state index contributed by atoms with van der Waals surface area (Å²) < 4.78 is 1.77. The van der Waals surface area contributed by atoms with Crippen molar-refractivity contribution in [2.24, 2.45) is 0 Å². The van der Waals surface area contributed by atoms with Crippen molar-refractivity contribution < 1.29 is 9.59 Å². The van der Waals surface area contributed by atoms with Crippen LogP contribution in [-0.4, -0.2) is 45.8 Å². The van der Waals surface area contributed by atoms with Crippen molar-refractivity contribution in [3.63, 3.8) is 0 Å². The van der Waals surface area contributed by atoms with Gasteiger partial charge in [0, 0.05) is 30.5 Å². The van der Waals surface area contributed by atoms with Crippen LogP contribution in [0.5, 0.6) is 0 Å². The molecule has 30 heavy (non-hydrogen) atoms. The number of likely N-dealkylation sites (tertiary alicyclic amines) is 1. The second-order valence-electron chi connectivity index (χ2n) is 7.45. The largest absolute Gasteiger partial charge is 0.348 e. The van der Waals surface area contributed by atoms with Gasteiger partial charge < -0.3 is 15.5 Å². The Bertz CT molecular complexity index is 1010. The number of aromatic nitrogens is 2. The summed E-state index contributed by atoms with van der Waals surface area (Å²) in [5.41, 5.74) is 3.01. The van der Waals surface area contributed by atoms with Gasteiger partial charge >= 0.3 is 6.03 Å². The lowest BCUT2D eigenvalue weighted by Gasteiger charge is -2.32. The van der Waals surface area contributed by atoms with E-state index in [1.165, 1.54) is 0 Å².